The van der Waals surface area contributed by atoms with Crippen molar-refractivity contribution >= 4 is 5.91 Å². The van der Waals surface area contributed by atoms with E-state index < -0.39 is 0 Å². The first-order valence-corrected chi connectivity index (χ1v) is 25.4. The number of hydrogen-bond acceptors (Lipinski definition) is 8. The summed E-state index contributed by atoms with van der Waals surface area (Å²) in [6, 6.07) is 0. The highest BCUT2D eigenvalue weighted by Gasteiger charge is 2.11. The molecular weight excluding hydrogens is 767 g/mol. The molecule has 1 unspecified atom stereocenters. The van der Waals surface area contributed by atoms with E-state index in [1.807, 2.05) is 0 Å². The number of allylic oxidation sites excluding steroid dienone is 4. The number of amides is 1. The van der Waals surface area contributed by atoms with Gasteiger partial charge >= 0.3 is 0 Å². The Morgan fingerprint density at radius 3 is 1.36 bits per heavy atom. The quantitative estimate of drug-likeness (QED) is 0.0492. The van der Waals surface area contributed by atoms with Gasteiger partial charge in [0.05, 0.1) is 59.5 Å². The van der Waals surface area contributed by atoms with Crippen molar-refractivity contribution in [2.45, 2.75) is 200 Å². The van der Waals surface area contributed by atoms with Crippen LogP contribution in [0.15, 0.2) is 36.7 Å². The Morgan fingerprint density at radius 1 is 0.508 bits per heavy atom. The lowest BCUT2D eigenvalue weighted by atomic mass is 10.1. The lowest BCUT2D eigenvalue weighted by Crippen LogP contribution is -2.28. The van der Waals surface area contributed by atoms with E-state index in [0.29, 0.717) is 71.8 Å². The number of H-pyrrole nitrogens is 1. The molecule has 0 radical (unpaired) electrons. The summed E-state index contributed by atoms with van der Waals surface area (Å²) in [5, 5.41) is 2.75. The summed E-state index contributed by atoms with van der Waals surface area (Å²) in [6.07, 6.45) is 49.3. The Balaban J connectivity index is 2.10. The van der Waals surface area contributed by atoms with Gasteiger partial charge in [0.15, 0.2) is 5.82 Å². The molecule has 10 nitrogen and oxygen atoms in total. The van der Waals surface area contributed by atoms with Crippen molar-refractivity contribution in [2.24, 2.45) is 0 Å². The van der Waals surface area contributed by atoms with Gasteiger partial charge in [-0.3, -0.25) is 4.79 Å². The highest BCUT2D eigenvalue weighted by molar-refractivity contribution is 5.90. The Morgan fingerprint density at radius 2 is 0.902 bits per heavy atom. The number of unbranched alkanes of at least 4 members (excludes halogenated alkanes) is 24. The van der Waals surface area contributed by atoms with Crippen LogP contribution in [0.2, 0.25) is 0 Å². The Kier molecular flexibility index (Phi) is 45.7. The number of imidazole rings is 1. The minimum absolute atomic E-state index is 0.0565. The van der Waals surface area contributed by atoms with Crippen molar-refractivity contribution in [1.29, 1.82) is 0 Å². The molecule has 1 atom stereocenters. The molecule has 0 aromatic carbocycles. The molecule has 0 saturated heterocycles. The third-order valence-electron chi connectivity index (χ3n) is 10.8. The minimum Gasteiger partial charge on any atom is -0.379 e. The molecule has 1 aromatic heterocycles. The van der Waals surface area contributed by atoms with Gasteiger partial charge in [0.1, 0.15) is 6.10 Å². The molecule has 0 saturated carbocycles. The molecule has 1 aromatic rings. The van der Waals surface area contributed by atoms with Crippen LogP contribution in [-0.4, -0.2) is 101 Å². The second-order valence-corrected chi connectivity index (χ2v) is 16.5. The van der Waals surface area contributed by atoms with Crippen LogP contribution in [0.25, 0.3) is 0 Å². The van der Waals surface area contributed by atoms with Crippen LogP contribution in [0.4, 0.5) is 0 Å². The zero-order valence-electron chi connectivity index (χ0n) is 39.6. The van der Waals surface area contributed by atoms with Gasteiger partial charge < -0.3 is 38.7 Å². The molecule has 0 aliphatic carbocycles. The van der Waals surface area contributed by atoms with E-state index in [0.717, 1.165) is 26.1 Å². The average molecular weight is 862 g/mol. The molecule has 0 fully saturated rings. The van der Waals surface area contributed by atoms with Gasteiger partial charge in [0.25, 0.3) is 5.91 Å². The fourth-order valence-electron chi connectivity index (χ4n) is 6.99. The summed E-state index contributed by atoms with van der Waals surface area (Å²) >= 11 is 0. The Labute approximate surface area is 374 Å². The van der Waals surface area contributed by atoms with Crippen molar-refractivity contribution in [3.05, 3.63) is 42.5 Å². The van der Waals surface area contributed by atoms with Crippen LogP contribution in [0.5, 0.6) is 0 Å². The standard InChI is InChI=1S/C51H95N3O7/c1-3-5-7-9-11-13-15-17-19-21-23-25-27-29-31-33-38-59-47-49(61-39-34-32-30-28-26-24-22-20-18-16-14-12-10-8-6-4-2)48-60-46-45-58-44-43-57-42-41-56-40-37-54-51(55)50-52-35-36-53-50/h17-20,35-36,49H,3-16,21-34,37-48H2,1-2H3,(H,52,53)(H,54,55)/b19-17-,20-18-. The molecule has 0 spiro atoms. The maximum Gasteiger partial charge on any atom is 0.287 e. The van der Waals surface area contributed by atoms with Crippen molar-refractivity contribution in [3.63, 3.8) is 0 Å². The van der Waals surface area contributed by atoms with Gasteiger partial charge in [-0.15, -0.1) is 0 Å². The predicted octanol–water partition coefficient (Wildman–Crippen LogP) is 12.7. The fraction of sp³-hybridized carbons (Fsp3) is 0.843. The van der Waals surface area contributed by atoms with Gasteiger partial charge in [-0.25, -0.2) is 4.98 Å². The van der Waals surface area contributed by atoms with Crippen LogP contribution in [0.1, 0.15) is 204 Å². The molecule has 356 valence electrons. The molecule has 0 aliphatic rings. The van der Waals surface area contributed by atoms with E-state index >= 15 is 0 Å². The number of ether oxygens (including phenoxy) is 6. The lowest BCUT2D eigenvalue weighted by molar-refractivity contribution is -0.0700. The van der Waals surface area contributed by atoms with E-state index in [4.69, 9.17) is 28.4 Å². The largest absolute Gasteiger partial charge is 0.379 e. The second kappa shape index (κ2) is 48.9. The van der Waals surface area contributed by atoms with Gasteiger partial charge in [-0.2, -0.15) is 0 Å². The van der Waals surface area contributed by atoms with Crippen LogP contribution in [-0.2, 0) is 28.4 Å². The number of nitrogens with zero attached hydrogens (tertiary/aromatic N) is 1. The Bertz CT molecular complexity index is 1050. The van der Waals surface area contributed by atoms with Crippen molar-refractivity contribution in [3.8, 4) is 0 Å². The van der Waals surface area contributed by atoms with Crippen molar-refractivity contribution in [1.82, 2.24) is 15.3 Å². The first kappa shape index (κ1) is 56.9. The molecular formula is C51H95N3O7. The summed E-state index contributed by atoms with van der Waals surface area (Å²) in [5.74, 6) is 0.0514. The minimum atomic E-state index is -0.245. The van der Waals surface area contributed by atoms with E-state index in [2.05, 4.69) is 53.4 Å². The fourth-order valence-corrected chi connectivity index (χ4v) is 6.99. The number of nitrogens with one attached hydrogen (secondary N) is 2. The van der Waals surface area contributed by atoms with Gasteiger partial charge in [-0.1, -0.05) is 154 Å². The summed E-state index contributed by atoms with van der Waals surface area (Å²) in [5.41, 5.74) is 0. The van der Waals surface area contributed by atoms with Crippen LogP contribution in [0, 0.1) is 0 Å². The van der Waals surface area contributed by atoms with Crippen LogP contribution in [0.3, 0.4) is 0 Å². The molecule has 10 heteroatoms. The van der Waals surface area contributed by atoms with Gasteiger partial charge in [0, 0.05) is 32.2 Å². The number of rotatable bonds is 50. The van der Waals surface area contributed by atoms with Crippen LogP contribution < -0.4 is 5.32 Å². The topological polar surface area (TPSA) is 113 Å². The molecule has 2 N–H and O–H groups in total. The number of aromatic nitrogens is 2. The normalized spacial score (nSPS) is 12.4. The molecule has 0 bridgehead atoms. The highest BCUT2D eigenvalue weighted by Crippen LogP contribution is 2.12. The van der Waals surface area contributed by atoms with E-state index in [-0.39, 0.29) is 12.0 Å². The van der Waals surface area contributed by atoms with Gasteiger partial charge in [0.2, 0.25) is 0 Å². The maximum atomic E-state index is 11.8. The molecule has 1 heterocycles. The first-order chi connectivity index (χ1) is 30.3. The zero-order chi connectivity index (χ0) is 43.6. The summed E-state index contributed by atoms with van der Waals surface area (Å²) in [4.78, 5) is 18.5. The van der Waals surface area contributed by atoms with Crippen LogP contribution >= 0.6 is 0 Å². The second-order valence-electron chi connectivity index (χ2n) is 16.5. The maximum absolute atomic E-state index is 11.8. The third-order valence-corrected chi connectivity index (χ3v) is 10.8. The number of carbonyl (C=O) groups is 1. The first-order valence-electron chi connectivity index (χ1n) is 25.4. The number of hydrogen-bond donors (Lipinski definition) is 2. The van der Waals surface area contributed by atoms with E-state index in [1.165, 1.54) is 167 Å². The lowest BCUT2D eigenvalue weighted by Gasteiger charge is -2.18. The summed E-state index contributed by atoms with van der Waals surface area (Å²) in [6.45, 7) is 10.9. The van der Waals surface area contributed by atoms with Crippen molar-refractivity contribution in [2.75, 3.05) is 79.2 Å². The number of carbonyl (C=O) groups excluding carboxylic acids is 1. The van der Waals surface area contributed by atoms with Gasteiger partial charge in [-0.05, 0) is 64.2 Å². The Hall–Kier alpha value is -2.08. The molecule has 1 rings (SSSR count). The highest BCUT2D eigenvalue weighted by atomic mass is 16.6. The third kappa shape index (κ3) is 43.0. The monoisotopic (exact) mass is 862 g/mol. The van der Waals surface area contributed by atoms with E-state index in [1.54, 1.807) is 12.4 Å². The molecule has 0 aliphatic heterocycles. The molecule has 61 heavy (non-hydrogen) atoms. The van der Waals surface area contributed by atoms with Crippen molar-refractivity contribution < 1.29 is 33.2 Å². The molecule has 1 amide bonds. The SMILES string of the molecule is CCCCCCCC/C=C\CCCCCCCCOCC(COCCOCCOCCOCCNC(=O)c1ncc[nH]1)OCCCCCCCC/C=C\CCCCCCCC. The smallest absolute Gasteiger partial charge is 0.287 e. The van der Waals surface area contributed by atoms with E-state index in [9.17, 15) is 4.79 Å². The average Bonchev–Trinajstić information content (AvgIpc) is 3.82. The number of aromatic amines is 1. The zero-order valence-corrected chi connectivity index (χ0v) is 39.6. The predicted molar refractivity (Wildman–Crippen MR) is 254 cm³/mol. The summed E-state index contributed by atoms with van der Waals surface area (Å²) in [7, 11) is 0. The summed E-state index contributed by atoms with van der Waals surface area (Å²) < 4.78 is 35.1.